The average Bonchev–Trinajstić information content (AvgIpc) is 2.91. The van der Waals surface area contributed by atoms with Gasteiger partial charge < -0.3 is 16.6 Å². The van der Waals surface area contributed by atoms with Gasteiger partial charge in [-0.1, -0.05) is 115 Å². The van der Waals surface area contributed by atoms with Gasteiger partial charge in [0.05, 0.1) is 0 Å². The molecule has 0 amide bonds. The molecule has 34 heavy (non-hydrogen) atoms. The highest BCUT2D eigenvalue weighted by Gasteiger charge is 2.33. The Morgan fingerprint density at radius 3 is 0.912 bits per heavy atom. The molecule has 0 aromatic heterocycles. The molecule has 0 aliphatic rings. The van der Waals surface area contributed by atoms with Gasteiger partial charge in [0, 0.05) is 11.4 Å². The first-order valence-corrected chi connectivity index (χ1v) is 11.2. The molecule has 0 spiro atoms. The molecular formula is C31H28N2O. The van der Waals surface area contributed by atoms with E-state index < -0.39 is 5.60 Å². The molecule has 3 nitrogen and oxygen atoms in total. The minimum Gasteiger partial charge on any atom is -0.399 e. The van der Waals surface area contributed by atoms with Crippen LogP contribution in [0.25, 0.3) is 11.1 Å². The van der Waals surface area contributed by atoms with Crippen LogP contribution in [-0.4, -0.2) is 5.11 Å². The fourth-order valence-corrected chi connectivity index (χ4v) is 3.89. The number of anilines is 2. The summed E-state index contributed by atoms with van der Waals surface area (Å²) in [4.78, 5) is 0. The predicted molar refractivity (Wildman–Crippen MR) is 142 cm³/mol. The molecule has 0 aliphatic carbocycles. The molecule has 0 heterocycles. The molecule has 5 rings (SSSR count). The van der Waals surface area contributed by atoms with Gasteiger partial charge >= 0.3 is 0 Å². The number of nitrogen functional groups attached to an aromatic ring is 2. The Balaban J connectivity index is 0.000000172. The lowest BCUT2D eigenvalue weighted by Gasteiger charge is -2.30. The smallest absolute Gasteiger partial charge is 0.140 e. The largest absolute Gasteiger partial charge is 0.399 e. The zero-order valence-corrected chi connectivity index (χ0v) is 18.9. The van der Waals surface area contributed by atoms with Crippen LogP contribution in [0.3, 0.4) is 0 Å². The fourth-order valence-electron chi connectivity index (χ4n) is 3.89. The summed E-state index contributed by atoms with van der Waals surface area (Å²) in [5, 5.41) is 11.4. The van der Waals surface area contributed by atoms with Crippen molar-refractivity contribution >= 4 is 11.4 Å². The van der Waals surface area contributed by atoms with Gasteiger partial charge in [0.15, 0.2) is 0 Å². The van der Waals surface area contributed by atoms with Crippen LogP contribution >= 0.6 is 0 Å². The van der Waals surface area contributed by atoms with E-state index in [1.165, 1.54) is 0 Å². The zero-order valence-electron chi connectivity index (χ0n) is 18.9. The van der Waals surface area contributed by atoms with E-state index in [0.29, 0.717) is 0 Å². The van der Waals surface area contributed by atoms with Gasteiger partial charge in [-0.25, -0.2) is 0 Å². The van der Waals surface area contributed by atoms with Crippen LogP contribution in [-0.2, 0) is 5.60 Å². The van der Waals surface area contributed by atoms with Crippen molar-refractivity contribution in [2.75, 3.05) is 11.5 Å². The third-order valence-corrected chi connectivity index (χ3v) is 5.73. The number of rotatable bonds is 4. The Kier molecular flexibility index (Phi) is 7.07. The number of benzene rings is 5. The quantitative estimate of drug-likeness (QED) is 0.219. The summed E-state index contributed by atoms with van der Waals surface area (Å²) in [5.41, 5.74) is 16.6. The predicted octanol–water partition coefficient (Wildman–Crippen LogP) is 6.49. The highest BCUT2D eigenvalue weighted by atomic mass is 16.3. The van der Waals surface area contributed by atoms with Gasteiger partial charge in [-0.05, 0) is 52.1 Å². The Bertz CT molecular complexity index is 1140. The van der Waals surface area contributed by atoms with Gasteiger partial charge in [0.2, 0.25) is 0 Å². The van der Waals surface area contributed by atoms with Gasteiger partial charge in [0.1, 0.15) is 5.60 Å². The van der Waals surface area contributed by atoms with Crippen LogP contribution in [0.1, 0.15) is 16.7 Å². The molecule has 0 saturated heterocycles. The lowest BCUT2D eigenvalue weighted by atomic mass is 9.80. The molecule has 0 fully saturated rings. The molecule has 3 heteroatoms. The zero-order chi connectivity index (χ0) is 23.8. The van der Waals surface area contributed by atoms with Crippen molar-refractivity contribution in [2.45, 2.75) is 5.60 Å². The minimum absolute atomic E-state index is 0.782. The van der Waals surface area contributed by atoms with E-state index in [0.717, 1.165) is 39.2 Å². The molecule has 0 radical (unpaired) electrons. The van der Waals surface area contributed by atoms with E-state index in [1.807, 2.05) is 140 Å². The van der Waals surface area contributed by atoms with E-state index in [1.54, 1.807) is 0 Å². The molecular weight excluding hydrogens is 416 g/mol. The molecule has 5 N–H and O–H groups in total. The number of aliphatic hydroxyl groups is 1. The van der Waals surface area contributed by atoms with Crippen LogP contribution in [0.15, 0.2) is 140 Å². The van der Waals surface area contributed by atoms with Crippen molar-refractivity contribution < 1.29 is 5.11 Å². The van der Waals surface area contributed by atoms with Crippen LogP contribution in [0.4, 0.5) is 11.4 Å². The van der Waals surface area contributed by atoms with Crippen LogP contribution in [0, 0.1) is 0 Å². The van der Waals surface area contributed by atoms with Gasteiger partial charge in [-0.15, -0.1) is 0 Å². The summed E-state index contributed by atoms with van der Waals surface area (Å²) in [7, 11) is 0. The Morgan fingerprint density at radius 2 is 0.647 bits per heavy atom. The monoisotopic (exact) mass is 444 g/mol. The molecule has 0 saturated carbocycles. The van der Waals surface area contributed by atoms with Crippen molar-refractivity contribution in [3.05, 3.63) is 156 Å². The first-order valence-electron chi connectivity index (χ1n) is 11.2. The third-order valence-electron chi connectivity index (χ3n) is 5.73. The maximum Gasteiger partial charge on any atom is 0.140 e. The van der Waals surface area contributed by atoms with Crippen molar-refractivity contribution in [1.82, 2.24) is 0 Å². The molecule has 0 bridgehead atoms. The average molecular weight is 445 g/mol. The molecule has 0 aliphatic heterocycles. The second kappa shape index (κ2) is 10.5. The van der Waals surface area contributed by atoms with E-state index >= 15 is 0 Å². The van der Waals surface area contributed by atoms with E-state index in [4.69, 9.17) is 11.5 Å². The lowest BCUT2D eigenvalue weighted by molar-refractivity contribution is 0.125. The molecule has 0 atom stereocenters. The van der Waals surface area contributed by atoms with Crippen molar-refractivity contribution in [2.24, 2.45) is 0 Å². The van der Waals surface area contributed by atoms with Gasteiger partial charge in [0.25, 0.3) is 0 Å². The Hall–Kier alpha value is -4.34. The topological polar surface area (TPSA) is 72.3 Å². The van der Waals surface area contributed by atoms with Crippen LogP contribution in [0.2, 0.25) is 0 Å². The molecule has 5 aromatic rings. The lowest BCUT2D eigenvalue weighted by Crippen LogP contribution is -2.28. The summed E-state index contributed by atoms with van der Waals surface area (Å²) in [6.07, 6.45) is 0. The summed E-state index contributed by atoms with van der Waals surface area (Å²) < 4.78 is 0. The SMILES string of the molecule is Nc1ccc(-c2ccc(N)cc2)cc1.OC(c1ccccc1)(c1ccccc1)c1ccccc1. The van der Waals surface area contributed by atoms with Gasteiger partial charge in [-0.2, -0.15) is 0 Å². The number of hydrogen-bond acceptors (Lipinski definition) is 3. The van der Waals surface area contributed by atoms with E-state index in [2.05, 4.69) is 0 Å². The maximum atomic E-state index is 11.4. The van der Waals surface area contributed by atoms with Crippen molar-refractivity contribution in [1.29, 1.82) is 0 Å². The standard InChI is InChI=1S/C19H16O.C12H12N2/c20-19(16-10-4-1-5-11-16,17-12-6-2-7-13-17)18-14-8-3-9-15-18;13-11-5-1-9(2-6-11)10-3-7-12(14)8-4-10/h1-15,20H;1-8H,13-14H2. The van der Waals surface area contributed by atoms with Crippen LogP contribution in [0.5, 0.6) is 0 Å². The van der Waals surface area contributed by atoms with E-state index in [-0.39, 0.29) is 0 Å². The summed E-state index contributed by atoms with van der Waals surface area (Å²) >= 11 is 0. The minimum atomic E-state index is -1.12. The maximum absolute atomic E-state index is 11.4. The molecule has 5 aromatic carbocycles. The highest BCUT2D eigenvalue weighted by molar-refractivity contribution is 5.67. The normalized spacial score (nSPS) is 10.7. The molecule has 168 valence electrons. The van der Waals surface area contributed by atoms with Gasteiger partial charge in [-0.3, -0.25) is 0 Å². The number of hydrogen-bond donors (Lipinski definition) is 3. The van der Waals surface area contributed by atoms with Crippen molar-refractivity contribution in [3.63, 3.8) is 0 Å². The van der Waals surface area contributed by atoms with Crippen LogP contribution < -0.4 is 11.5 Å². The van der Waals surface area contributed by atoms with Crippen molar-refractivity contribution in [3.8, 4) is 11.1 Å². The Morgan fingerprint density at radius 1 is 0.382 bits per heavy atom. The second-order valence-electron chi connectivity index (χ2n) is 8.05. The first kappa shape index (κ1) is 22.8. The summed E-state index contributed by atoms with van der Waals surface area (Å²) in [6, 6.07) is 44.9. The summed E-state index contributed by atoms with van der Waals surface area (Å²) in [5.74, 6) is 0. The molecule has 0 unspecified atom stereocenters. The first-order chi connectivity index (χ1) is 16.6. The summed E-state index contributed by atoms with van der Waals surface area (Å²) in [6.45, 7) is 0. The second-order valence-corrected chi connectivity index (χ2v) is 8.05. The number of nitrogens with two attached hydrogens (primary N) is 2. The fraction of sp³-hybridized carbons (Fsp3) is 0.0323. The van der Waals surface area contributed by atoms with E-state index in [9.17, 15) is 5.11 Å². The third kappa shape index (κ3) is 5.17. The Labute approximate surface area is 201 Å². The highest BCUT2D eigenvalue weighted by Crippen LogP contribution is 2.36.